The second-order valence-electron chi connectivity index (χ2n) is 5.81. The van der Waals surface area contributed by atoms with Gasteiger partial charge in [0.1, 0.15) is 0 Å². The van der Waals surface area contributed by atoms with Crippen molar-refractivity contribution in [1.29, 1.82) is 0 Å². The van der Waals surface area contributed by atoms with Crippen molar-refractivity contribution < 1.29 is 13.2 Å². The first-order chi connectivity index (χ1) is 11.5. The summed E-state index contributed by atoms with van der Waals surface area (Å²) >= 11 is 0. The van der Waals surface area contributed by atoms with Crippen LogP contribution in [-0.4, -0.2) is 53.9 Å². The maximum atomic E-state index is 12.3. The molecule has 1 aliphatic heterocycles. The second kappa shape index (κ2) is 6.70. The number of carbonyl (C=O) groups excluding carboxylic acids is 1. The topological polar surface area (TPSA) is 97.2 Å². The fourth-order valence-electron chi connectivity index (χ4n) is 2.73. The number of nitrogens with zero attached hydrogens (tertiary/aromatic N) is 4. The lowest BCUT2D eigenvalue weighted by Crippen LogP contribution is -2.39. The zero-order valence-electron chi connectivity index (χ0n) is 13.3. The third-order valence-electron chi connectivity index (χ3n) is 4.04. The molecule has 1 atom stereocenters. The SMILES string of the molecule is Cc1cccc(S(=O)(=O)NCC(=O)N2CC[C@@H](n3ccnn3)C2)c1. The summed E-state index contributed by atoms with van der Waals surface area (Å²) < 4.78 is 28.6. The van der Waals surface area contributed by atoms with Gasteiger partial charge in [-0.3, -0.25) is 4.79 Å². The quantitative estimate of drug-likeness (QED) is 0.839. The average Bonchev–Trinajstić information content (AvgIpc) is 3.23. The molecule has 0 radical (unpaired) electrons. The highest BCUT2D eigenvalue weighted by atomic mass is 32.2. The van der Waals surface area contributed by atoms with E-state index in [1.807, 2.05) is 13.0 Å². The fourth-order valence-corrected chi connectivity index (χ4v) is 3.81. The van der Waals surface area contributed by atoms with E-state index >= 15 is 0 Å². The predicted molar refractivity (Wildman–Crippen MR) is 86.6 cm³/mol. The van der Waals surface area contributed by atoms with Gasteiger partial charge >= 0.3 is 0 Å². The van der Waals surface area contributed by atoms with Gasteiger partial charge in [0.15, 0.2) is 0 Å². The molecule has 128 valence electrons. The van der Waals surface area contributed by atoms with Gasteiger partial charge in [-0.05, 0) is 31.0 Å². The van der Waals surface area contributed by atoms with Gasteiger partial charge in [0.2, 0.25) is 15.9 Å². The van der Waals surface area contributed by atoms with Gasteiger partial charge in [0, 0.05) is 19.3 Å². The Morgan fingerprint density at radius 3 is 2.96 bits per heavy atom. The molecule has 1 saturated heterocycles. The first-order valence-corrected chi connectivity index (χ1v) is 9.14. The molecule has 0 saturated carbocycles. The van der Waals surface area contributed by atoms with Crippen LogP contribution < -0.4 is 4.72 Å². The summed E-state index contributed by atoms with van der Waals surface area (Å²) in [5.74, 6) is -0.242. The lowest BCUT2D eigenvalue weighted by Gasteiger charge is -2.17. The predicted octanol–water partition coefficient (Wildman–Crippen LogP) is 0.338. The van der Waals surface area contributed by atoms with Gasteiger partial charge < -0.3 is 4.90 Å². The van der Waals surface area contributed by atoms with E-state index in [0.29, 0.717) is 13.1 Å². The van der Waals surface area contributed by atoms with Crippen LogP contribution in [0.1, 0.15) is 18.0 Å². The molecule has 0 spiro atoms. The lowest BCUT2D eigenvalue weighted by molar-refractivity contribution is -0.129. The minimum absolute atomic E-state index is 0.0878. The molecule has 2 aromatic rings. The summed E-state index contributed by atoms with van der Waals surface area (Å²) in [5, 5.41) is 7.71. The molecule has 0 unspecified atom stereocenters. The summed E-state index contributed by atoms with van der Waals surface area (Å²) in [4.78, 5) is 14.1. The molecule has 3 rings (SSSR count). The number of sulfonamides is 1. The van der Waals surface area contributed by atoms with Crippen LogP contribution in [0.15, 0.2) is 41.6 Å². The van der Waals surface area contributed by atoms with Gasteiger partial charge in [-0.15, -0.1) is 5.10 Å². The van der Waals surface area contributed by atoms with Crippen LogP contribution >= 0.6 is 0 Å². The fraction of sp³-hybridized carbons (Fsp3) is 0.400. The number of benzene rings is 1. The van der Waals surface area contributed by atoms with Crippen molar-refractivity contribution in [2.75, 3.05) is 19.6 Å². The third-order valence-corrected chi connectivity index (χ3v) is 5.44. The second-order valence-corrected chi connectivity index (χ2v) is 7.57. The Morgan fingerprint density at radius 2 is 2.25 bits per heavy atom. The van der Waals surface area contributed by atoms with E-state index in [1.54, 1.807) is 34.1 Å². The number of amides is 1. The number of hydrogen-bond donors (Lipinski definition) is 1. The molecule has 9 heteroatoms. The molecule has 1 aromatic heterocycles. The normalized spacial score (nSPS) is 18.0. The minimum Gasteiger partial charge on any atom is -0.339 e. The van der Waals surface area contributed by atoms with Crippen molar-refractivity contribution >= 4 is 15.9 Å². The van der Waals surface area contributed by atoms with Crippen LogP contribution in [0.25, 0.3) is 0 Å². The molecule has 1 N–H and O–H groups in total. The van der Waals surface area contributed by atoms with Crippen molar-refractivity contribution in [1.82, 2.24) is 24.6 Å². The highest BCUT2D eigenvalue weighted by Crippen LogP contribution is 2.20. The minimum atomic E-state index is -3.69. The monoisotopic (exact) mass is 349 g/mol. The Hall–Kier alpha value is -2.26. The maximum Gasteiger partial charge on any atom is 0.241 e. The van der Waals surface area contributed by atoms with Crippen LogP contribution in [0.5, 0.6) is 0 Å². The van der Waals surface area contributed by atoms with Crippen LogP contribution in [0.4, 0.5) is 0 Å². The largest absolute Gasteiger partial charge is 0.339 e. The van der Waals surface area contributed by atoms with Crippen LogP contribution in [0.3, 0.4) is 0 Å². The Morgan fingerprint density at radius 1 is 1.42 bits per heavy atom. The summed E-state index contributed by atoms with van der Waals surface area (Å²) in [5.41, 5.74) is 0.847. The van der Waals surface area contributed by atoms with Crippen molar-refractivity contribution in [3.8, 4) is 0 Å². The van der Waals surface area contributed by atoms with Crippen molar-refractivity contribution in [2.45, 2.75) is 24.3 Å². The number of hydrogen-bond acceptors (Lipinski definition) is 5. The Bertz CT molecular complexity index is 819. The molecule has 1 fully saturated rings. The molecule has 1 amide bonds. The number of carbonyl (C=O) groups is 1. The first kappa shape index (κ1) is 16.6. The zero-order chi connectivity index (χ0) is 17.2. The highest BCUT2D eigenvalue weighted by Gasteiger charge is 2.28. The lowest BCUT2D eigenvalue weighted by atomic mass is 10.2. The molecule has 0 aliphatic carbocycles. The summed E-state index contributed by atoms with van der Waals surface area (Å²) in [6.07, 6.45) is 4.14. The van der Waals surface area contributed by atoms with E-state index in [0.717, 1.165) is 12.0 Å². The van der Waals surface area contributed by atoms with E-state index < -0.39 is 10.0 Å². The molecule has 24 heavy (non-hydrogen) atoms. The van der Waals surface area contributed by atoms with Gasteiger partial charge in [-0.2, -0.15) is 0 Å². The van der Waals surface area contributed by atoms with Crippen molar-refractivity contribution in [3.05, 3.63) is 42.2 Å². The number of likely N-dealkylation sites (tertiary alicyclic amines) is 1. The Labute approximate surface area is 140 Å². The van der Waals surface area contributed by atoms with Crippen molar-refractivity contribution in [2.24, 2.45) is 0 Å². The van der Waals surface area contributed by atoms with Crippen LogP contribution in [0, 0.1) is 6.92 Å². The van der Waals surface area contributed by atoms with Gasteiger partial charge in [-0.25, -0.2) is 17.8 Å². The Balaban J connectivity index is 1.58. The van der Waals surface area contributed by atoms with E-state index in [4.69, 9.17) is 0 Å². The molecule has 1 aliphatic rings. The average molecular weight is 349 g/mol. The number of nitrogens with one attached hydrogen (secondary N) is 1. The third kappa shape index (κ3) is 3.62. The molecule has 0 bridgehead atoms. The van der Waals surface area contributed by atoms with E-state index in [-0.39, 0.29) is 23.4 Å². The maximum absolute atomic E-state index is 12.3. The summed E-state index contributed by atoms with van der Waals surface area (Å²) in [6.45, 7) is 2.66. The standard InChI is InChI=1S/C15H19N5O3S/c1-12-3-2-4-14(9-12)24(22,23)17-10-15(21)19-7-5-13(11-19)20-8-6-16-18-20/h2-4,6,8-9,13,17H,5,7,10-11H2,1H3/t13-/m1/s1. The van der Waals surface area contributed by atoms with E-state index in [2.05, 4.69) is 15.0 Å². The van der Waals surface area contributed by atoms with E-state index in [1.165, 1.54) is 6.07 Å². The molecule has 2 heterocycles. The van der Waals surface area contributed by atoms with Crippen molar-refractivity contribution in [3.63, 3.8) is 0 Å². The number of rotatable bonds is 5. The van der Waals surface area contributed by atoms with Crippen LogP contribution in [-0.2, 0) is 14.8 Å². The highest BCUT2D eigenvalue weighted by molar-refractivity contribution is 7.89. The molecular weight excluding hydrogens is 330 g/mol. The molecular formula is C15H19N5O3S. The zero-order valence-corrected chi connectivity index (χ0v) is 14.1. The summed E-state index contributed by atoms with van der Waals surface area (Å²) in [7, 11) is -3.69. The smallest absolute Gasteiger partial charge is 0.241 e. The molecule has 1 aromatic carbocycles. The van der Waals surface area contributed by atoms with Crippen LogP contribution in [0.2, 0.25) is 0 Å². The first-order valence-electron chi connectivity index (χ1n) is 7.65. The summed E-state index contributed by atoms with van der Waals surface area (Å²) in [6, 6.07) is 6.66. The number of aromatic nitrogens is 3. The molecule has 8 nitrogen and oxygen atoms in total. The Kier molecular flexibility index (Phi) is 4.63. The number of aryl methyl sites for hydroxylation is 1. The van der Waals surface area contributed by atoms with E-state index in [9.17, 15) is 13.2 Å². The van der Waals surface area contributed by atoms with Gasteiger partial charge in [0.25, 0.3) is 0 Å². The van der Waals surface area contributed by atoms with Gasteiger partial charge in [0.05, 0.1) is 23.7 Å². The van der Waals surface area contributed by atoms with Gasteiger partial charge in [-0.1, -0.05) is 17.3 Å².